The molecule has 1 atom stereocenters. The van der Waals surface area contributed by atoms with Gasteiger partial charge in [-0.05, 0) is 66.9 Å². The quantitative estimate of drug-likeness (QED) is 0.641. The highest BCUT2D eigenvalue weighted by molar-refractivity contribution is 6.07. The summed E-state index contributed by atoms with van der Waals surface area (Å²) in [6, 6.07) is 15.8. The summed E-state index contributed by atoms with van der Waals surface area (Å²) in [7, 11) is 1.57. The van der Waals surface area contributed by atoms with Crippen LogP contribution >= 0.6 is 0 Å². The number of hydrogen-bond acceptors (Lipinski definition) is 3. The number of anilines is 1. The van der Waals surface area contributed by atoms with E-state index in [0.29, 0.717) is 17.7 Å². The molecule has 5 nitrogen and oxygen atoms in total. The van der Waals surface area contributed by atoms with Crippen molar-refractivity contribution in [2.24, 2.45) is 0 Å². The molecular formula is C25H22F2N2O3. The molecule has 3 aromatic carbocycles. The van der Waals surface area contributed by atoms with Gasteiger partial charge in [0.15, 0.2) is 0 Å². The van der Waals surface area contributed by atoms with E-state index in [-0.39, 0.29) is 18.5 Å². The molecule has 7 heteroatoms. The molecule has 0 saturated carbocycles. The van der Waals surface area contributed by atoms with Gasteiger partial charge in [-0.15, -0.1) is 0 Å². The van der Waals surface area contributed by atoms with E-state index in [1.165, 1.54) is 6.07 Å². The van der Waals surface area contributed by atoms with Crippen LogP contribution < -0.4 is 15.0 Å². The molecule has 0 spiro atoms. The zero-order chi connectivity index (χ0) is 22.8. The van der Waals surface area contributed by atoms with E-state index in [1.807, 2.05) is 25.1 Å². The number of methoxy groups -OCH3 is 1. The highest BCUT2D eigenvalue weighted by atomic mass is 19.1. The summed E-state index contributed by atoms with van der Waals surface area (Å²) < 4.78 is 32.8. The first-order valence-corrected chi connectivity index (χ1v) is 10.2. The van der Waals surface area contributed by atoms with Gasteiger partial charge in [0, 0.05) is 23.8 Å². The van der Waals surface area contributed by atoms with Gasteiger partial charge in [-0.1, -0.05) is 18.2 Å². The predicted octanol–water partition coefficient (Wildman–Crippen LogP) is 4.49. The molecule has 1 aliphatic heterocycles. The number of ether oxygens (including phenoxy) is 1. The number of rotatable bonds is 5. The molecule has 0 bridgehead atoms. The van der Waals surface area contributed by atoms with E-state index >= 15 is 0 Å². The van der Waals surface area contributed by atoms with Gasteiger partial charge in [0.25, 0.3) is 11.8 Å². The number of carbonyl (C=O) groups is 2. The number of amides is 2. The summed E-state index contributed by atoms with van der Waals surface area (Å²) >= 11 is 0. The van der Waals surface area contributed by atoms with Crippen LogP contribution in [-0.4, -0.2) is 25.0 Å². The van der Waals surface area contributed by atoms with Crippen molar-refractivity contribution >= 4 is 17.5 Å². The third kappa shape index (κ3) is 4.06. The number of halogens is 2. The lowest BCUT2D eigenvalue weighted by molar-refractivity contribution is 0.0940. The van der Waals surface area contributed by atoms with Crippen molar-refractivity contribution in [2.75, 3.05) is 12.0 Å². The Morgan fingerprint density at radius 1 is 1.06 bits per heavy atom. The summed E-state index contributed by atoms with van der Waals surface area (Å²) in [5.74, 6) is -2.13. The second-order valence-electron chi connectivity index (χ2n) is 7.70. The monoisotopic (exact) mass is 436 g/mol. The first kappa shape index (κ1) is 21.5. The smallest absolute Gasteiger partial charge is 0.258 e. The molecule has 0 aromatic heterocycles. The van der Waals surface area contributed by atoms with Gasteiger partial charge in [0.2, 0.25) is 0 Å². The number of benzene rings is 3. The minimum atomic E-state index is -0.915. The standard InChI is InChI=1S/C25H22F2N2O3/c1-15-12-18-7-6-16(14-28-24(30)23-20(26)4-3-5-21(23)27)13-22(18)29(15)25(31)17-8-10-19(32-2)11-9-17/h3-11,13,15H,12,14H2,1-2H3,(H,28,30)/t15-/m1/s1. The molecule has 4 rings (SSSR count). The Bertz CT molecular complexity index is 1160. The summed E-state index contributed by atoms with van der Waals surface area (Å²) in [6.45, 7) is 2.04. The van der Waals surface area contributed by atoms with Gasteiger partial charge < -0.3 is 15.0 Å². The summed E-state index contributed by atoms with van der Waals surface area (Å²) in [4.78, 5) is 27.2. The molecule has 0 fully saturated rings. The lowest BCUT2D eigenvalue weighted by atomic mass is 10.1. The van der Waals surface area contributed by atoms with E-state index in [1.54, 1.807) is 36.3 Å². The minimum Gasteiger partial charge on any atom is -0.497 e. The van der Waals surface area contributed by atoms with E-state index in [4.69, 9.17) is 4.74 Å². The van der Waals surface area contributed by atoms with Crippen LogP contribution in [0, 0.1) is 11.6 Å². The molecule has 2 amide bonds. The zero-order valence-electron chi connectivity index (χ0n) is 17.7. The van der Waals surface area contributed by atoms with Crippen molar-refractivity contribution in [3.05, 3.63) is 94.6 Å². The van der Waals surface area contributed by atoms with Crippen LogP contribution in [0.15, 0.2) is 60.7 Å². The van der Waals surface area contributed by atoms with E-state index in [9.17, 15) is 18.4 Å². The Kier molecular flexibility index (Phi) is 5.90. The van der Waals surface area contributed by atoms with Gasteiger partial charge in [0.05, 0.1) is 7.11 Å². The fourth-order valence-corrected chi connectivity index (χ4v) is 3.93. The first-order chi connectivity index (χ1) is 15.4. The highest BCUT2D eigenvalue weighted by Crippen LogP contribution is 2.34. The van der Waals surface area contributed by atoms with Crippen molar-refractivity contribution in [3.63, 3.8) is 0 Å². The Morgan fingerprint density at radius 2 is 1.75 bits per heavy atom. The molecule has 0 saturated heterocycles. The average Bonchev–Trinajstić information content (AvgIpc) is 3.12. The van der Waals surface area contributed by atoms with Gasteiger partial charge >= 0.3 is 0 Å². The predicted molar refractivity (Wildman–Crippen MR) is 117 cm³/mol. The van der Waals surface area contributed by atoms with Crippen LogP contribution in [0.2, 0.25) is 0 Å². The maximum atomic E-state index is 13.8. The van der Waals surface area contributed by atoms with Crippen molar-refractivity contribution in [2.45, 2.75) is 25.9 Å². The second kappa shape index (κ2) is 8.78. The van der Waals surface area contributed by atoms with Crippen LogP contribution in [0.25, 0.3) is 0 Å². The molecule has 0 aliphatic carbocycles. The van der Waals surface area contributed by atoms with Gasteiger partial charge in [-0.3, -0.25) is 9.59 Å². The Hall–Kier alpha value is -3.74. The van der Waals surface area contributed by atoms with Crippen LogP contribution in [0.5, 0.6) is 5.75 Å². The van der Waals surface area contributed by atoms with Crippen LogP contribution in [0.1, 0.15) is 38.8 Å². The van der Waals surface area contributed by atoms with Gasteiger partial charge in [-0.2, -0.15) is 0 Å². The van der Waals surface area contributed by atoms with Crippen molar-refractivity contribution in [3.8, 4) is 5.75 Å². The Morgan fingerprint density at radius 3 is 2.41 bits per heavy atom. The van der Waals surface area contributed by atoms with Crippen LogP contribution in [0.3, 0.4) is 0 Å². The maximum absolute atomic E-state index is 13.8. The Labute approximate surface area is 184 Å². The van der Waals surface area contributed by atoms with Crippen molar-refractivity contribution < 1.29 is 23.1 Å². The molecule has 3 aromatic rings. The molecule has 164 valence electrons. The zero-order valence-corrected chi connectivity index (χ0v) is 17.7. The number of hydrogen-bond donors (Lipinski definition) is 1. The number of nitrogens with one attached hydrogen (secondary N) is 1. The highest BCUT2D eigenvalue weighted by Gasteiger charge is 2.31. The number of fused-ring (bicyclic) bond motifs is 1. The number of carbonyl (C=O) groups excluding carboxylic acids is 2. The summed E-state index contributed by atoms with van der Waals surface area (Å²) in [5, 5.41) is 2.55. The van der Waals surface area contributed by atoms with E-state index in [2.05, 4.69) is 5.32 Å². The molecule has 0 radical (unpaired) electrons. The lowest BCUT2D eigenvalue weighted by Crippen LogP contribution is -2.35. The normalized spacial score (nSPS) is 14.8. The van der Waals surface area contributed by atoms with Crippen LogP contribution in [0.4, 0.5) is 14.5 Å². The second-order valence-corrected chi connectivity index (χ2v) is 7.70. The SMILES string of the molecule is COc1ccc(C(=O)N2c3cc(CNC(=O)c4c(F)cccc4F)ccc3C[C@H]2C)cc1. The van der Waals surface area contributed by atoms with E-state index in [0.717, 1.165) is 28.9 Å². The van der Waals surface area contributed by atoms with Crippen molar-refractivity contribution in [1.29, 1.82) is 0 Å². The summed E-state index contributed by atoms with van der Waals surface area (Å²) in [6.07, 6.45) is 0.713. The fraction of sp³-hybridized carbons (Fsp3) is 0.200. The largest absolute Gasteiger partial charge is 0.497 e. The maximum Gasteiger partial charge on any atom is 0.258 e. The van der Waals surface area contributed by atoms with Gasteiger partial charge in [0.1, 0.15) is 22.9 Å². The lowest BCUT2D eigenvalue weighted by Gasteiger charge is -2.23. The molecule has 0 unspecified atom stereocenters. The van der Waals surface area contributed by atoms with Gasteiger partial charge in [-0.25, -0.2) is 8.78 Å². The summed E-state index contributed by atoms with van der Waals surface area (Å²) in [5.41, 5.74) is 2.44. The first-order valence-electron chi connectivity index (χ1n) is 10.2. The Balaban J connectivity index is 1.54. The molecule has 1 heterocycles. The molecule has 32 heavy (non-hydrogen) atoms. The minimum absolute atomic E-state index is 0.0306. The number of nitrogens with zero attached hydrogens (tertiary/aromatic N) is 1. The van der Waals surface area contributed by atoms with Crippen LogP contribution in [-0.2, 0) is 13.0 Å². The average molecular weight is 436 g/mol. The van der Waals surface area contributed by atoms with Crippen molar-refractivity contribution in [1.82, 2.24) is 5.32 Å². The third-order valence-corrected chi connectivity index (χ3v) is 5.56. The topological polar surface area (TPSA) is 58.6 Å². The molecule has 1 N–H and O–H groups in total. The molecule has 1 aliphatic rings. The van der Waals surface area contributed by atoms with E-state index < -0.39 is 23.1 Å². The molecular weight excluding hydrogens is 414 g/mol. The fourth-order valence-electron chi connectivity index (χ4n) is 3.93. The third-order valence-electron chi connectivity index (χ3n) is 5.56.